The van der Waals surface area contributed by atoms with E-state index in [4.69, 9.17) is 5.11 Å². The number of rotatable bonds is 7. The molecule has 14 heavy (non-hydrogen) atoms. The van der Waals surface area contributed by atoms with Crippen molar-refractivity contribution in [2.75, 3.05) is 26.2 Å². The van der Waals surface area contributed by atoms with Gasteiger partial charge in [-0.3, -0.25) is 0 Å². The van der Waals surface area contributed by atoms with E-state index in [1.54, 1.807) is 6.20 Å². The molecule has 0 aliphatic heterocycles. The van der Waals surface area contributed by atoms with Crippen molar-refractivity contribution in [2.24, 2.45) is 0 Å². The van der Waals surface area contributed by atoms with E-state index in [-0.39, 0.29) is 6.61 Å². The molecule has 0 unspecified atom stereocenters. The summed E-state index contributed by atoms with van der Waals surface area (Å²) >= 11 is 0. The van der Waals surface area contributed by atoms with Crippen LogP contribution in [0.3, 0.4) is 0 Å². The van der Waals surface area contributed by atoms with E-state index in [9.17, 15) is 0 Å². The summed E-state index contributed by atoms with van der Waals surface area (Å²) in [6, 6.07) is 0. The van der Waals surface area contributed by atoms with Crippen molar-refractivity contribution in [3.63, 3.8) is 0 Å². The number of hydrogen-bond acceptors (Lipinski definition) is 3. The minimum absolute atomic E-state index is 0.249. The van der Waals surface area contributed by atoms with Gasteiger partial charge in [0, 0.05) is 25.5 Å². The Balaban J connectivity index is 2.13. The summed E-state index contributed by atoms with van der Waals surface area (Å²) in [5.41, 5.74) is 0. The second-order valence-corrected chi connectivity index (χ2v) is 3.31. The Bertz CT molecular complexity index is 223. The molecule has 0 fully saturated rings. The highest BCUT2D eigenvalue weighted by Gasteiger charge is 2.00. The smallest absolute Gasteiger partial charge is 0.0945 e. The summed E-state index contributed by atoms with van der Waals surface area (Å²) in [5, 5.41) is 8.79. The first-order chi connectivity index (χ1) is 6.86. The van der Waals surface area contributed by atoms with Gasteiger partial charge in [-0.25, -0.2) is 4.98 Å². The van der Waals surface area contributed by atoms with Gasteiger partial charge in [0.2, 0.25) is 0 Å². The van der Waals surface area contributed by atoms with Crippen molar-refractivity contribution < 1.29 is 5.11 Å². The molecule has 1 N–H and O–H groups in total. The largest absolute Gasteiger partial charge is 0.395 e. The molecule has 1 aromatic rings. The topological polar surface area (TPSA) is 41.3 Å². The average Bonchev–Trinajstić information content (AvgIpc) is 2.69. The van der Waals surface area contributed by atoms with Crippen LogP contribution in [0.15, 0.2) is 18.7 Å². The molecule has 4 heteroatoms. The van der Waals surface area contributed by atoms with E-state index < -0.39 is 0 Å². The standard InChI is InChI=1S/C10H19N3O/c1-2-12(8-9-14)5-3-6-13-7-4-11-10-13/h4,7,10,14H,2-3,5-6,8-9H2,1H3. The van der Waals surface area contributed by atoms with E-state index in [0.29, 0.717) is 0 Å². The fourth-order valence-electron chi connectivity index (χ4n) is 1.47. The van der Waals surface area contributed by atoms with Crippen molar-refractivity contribution >= 4 is 0 Å². The lowest BCUT2D eigenvalue weighted by molar-refractivity contribution is 0.198. The maximum atomic E-state index is 8.79. The molecule has 0 saturated heterocycles. The third-order valence-corrected chi connectivity index (χ3v) is 2.31. The van der Waals surface area contributed by atoms with Gasteiger partial charge in [-0.05, 0) is 19.5 Å². The zero-order valence-corrected chi connectivity index (χ0v) is 8.76. The monoisotopic (exact) mass is 197 g/mol. The molecule has 1 heterocycles. The van der Waals surface area contributed by atoms with Crippen LogP contribution in [-0.4, -0.2) is 45.8 Å². The third kappa shape index (κ3) is 3.89. The minimum atomic E-state index is 0.249. The van der Waals surface area contributed by atoms with Gasteiger partial charge in [0.25, 0.3) is 0 Å². The molecule has 0 aliphatic carbocycles. The predicted molar refractivity (Wildman–Crippen MR) is 56.0 cm³/mol. The summed E-state index contributed by atoms with van der Waals surface area (Å²) in [6.07, 6.45) is 6.71. The quantitative estimate of drug-likeness (QED) is 0.695. The maximum Gasteiger partial charge on any atom is 0.0945 e. The number of aromatic nitrogens is 2. The second kappa shape index (κ2) is 6.56. The first-order valence-electron chi connectivity index (χ1n) is 5.15. The lowest BCUT2D eigenvalue weighted by Gasteiger charge is -2.18. The van der Waals surface area contributed by atoms with Crippen LogP contribution in [0.5, 0.6) is 0 Å². The molecular formula is C10H19N3O. The summed E-state index contributed by atoms with van der Waals surface area (Å²) in [5.74, 6) is 0. The molecule has 0 aliphatic rings. The second-order valence-electron chi connectivity index (χ2n) is 3.31. The molecule has 0 saturated carbocycles. The van der Waals surface area contributed by atoms with Crippen LogP contribution in [0.1, 0.15) is 13.3 Å². The fourth-order valence-corrected chi connectivity index (χ4v) is 1.47. The number of hydrogen-bond donors (Lipinski definition) is 1. The van der Waals surface area contributed by atoms with Crippen LogP contribution in [0.2, 0.25) is 0 Å². The molecule has 0 spiro atoms. The molecule has 0 amide bonds. The predicted octanol–water partition coefficient (Wildman–Crippen LogP) is 0.587. The number of aliphatic hydroxyl groups is 1. The van der Waals surface area contributed by atoms with E-state index in [1.807, 2.05) is 12.5 Å². The first-order valence-corrected chi connectivity index (χ1v) is 5.15. The van der Waals surface area contributed by atoms with Gasteiger partial charge in [0.1, 0.15) is 0 Å². The first kappa shape index (κ1) is 11.2. The normalized spacial score (nSPS) is 11.1. The van der Waals surface area contributed by atoms with Crippen molar-refractivity contribution in [3.8, 4) is 0 Å². The number of imidazole rings is 1. The molecule has 0 radical (unpaired) electrons. The number of aryl methyl sites for hydroxylation is 1. The summed E-state index contributed by atoms with van der Waals surface area (Å²) in [7, 11) is 0. The highest BCUT2D eigenvalue weighted by atomic mass is 16.3. The van der Waals surface area contributed by atoms with Gasteiger partial charge < -0.3 is 14.6 Å². The maximum absolute atomic E-state index is 8.79. The Labute approximate surface area is 85.2 Å². The molecule has 4 nitrogen and oxygen atoms in total. The van der Waals surface area contributed by atoms with Crippen LogP contribution in [0.4, 0.5) is 0 Å². The molecule has 0 atom stereocenters. The fraction of sp³-hybridized carbons (Fsp3) is 0.700. The number of likely N-dealkylation sites (N-methyl/N-ethyl adjacent to an activating group) is 1. The van der Waals surface area contributed by atoms with Gasteiger partial charge in [0.15, 0.2) is 0 Å². The lowest BCUT2D eigenvalue weighted by atomic mass is 10.3. The van der Waals surface area contributed by atoms with Crippen molar-refractivity contribution in [3.05, 3.63) is 18.7 Å². The number of aliphatic hydroxyl groups excluding tert-OH is 1. The van der Waals surface area contributed by atoms with Crippen LogP contribution in [0.25, 0.3) is 0 Å². The van der Waals surface area contributed by atoms with Gasteiger partial charge in [-0.1, -0.05) is 6.92 Å². The van der Waals surface area contributed by atoms with Crippen LogP contribution >= 0.6 is 0 Å². The van der Waals surface area contributed by atoms with E-state index in [2.05, 4.69) is 21.4 Å². The van der Waals surface area contributed by atoms with E-state index in [0.717, 1.165) is 32.6 Å². The van der Waals surface area contributed by atoms with Crippen molar-refractivity contribution in [1.82, 2.24) is 14.5 Å². The molecule has 0 aromatic carbocycles. The Morgan fingerprint density at radius 2 is 2.29 bits per heavy atom. The summed E-state index contributed by atoms with van der Waals surface area (Å²) < 4.78 is 2.08. The van der Waals surface area contributed by atoms with E-state index >= 15 is 0 Å². The van der Waals surface area contributed by atoms with Crippen LogP contribution in [0, 0.1) is 0 Å². The lowest BCUT2D eigenvalue weighted by Crippen LogP contribution is -2.28. The zero-order chi connectivity index (χ0) is 10.2. The van der Waals surface area contributed by atoms with Crippen molar-refractivity contribution in [2.45, 2.75) is 19.9 Å². The van der Waals surface area contributed by atoms with Crippen molar-refractivity contribution in [1.29, 1.82) is 0 Å². The molecule has 1 aromatic heterocycles. The Morgan fingerprint density at radius 3 is 2.86 bits per heavy atom. The SMILES string of the molecule is CCN(CCO)CCCn1ccnc1. The molecular weight excluding hydrogens is 178 g/mol. The van der Waals surface area contributed by atoms with Gasteiger partial charge in [-0.15, -0.1) is 0 Å². The highest BCUT2D eigenvalue weighted by Crippen LogP contribution is 1.94. The molecule has 1 rings (SSSR count). The minimum Gasteiger partial charge on any atom is -0.395 e. The van der Waals surface area contributed by atoms with Gasteiger partial charge in [-0.2, -0.15) is 0 Å². The number of nitrogens with zero attached hydrogens (tertiary/aromatic N) is 3. The Kier molecular flexibility index (Phi) is 5.25. The molecule has 0 bridgehead atoms. The average molecular weight is 197 g/mol. The Morgan fingerprint density at radius 1 is 1.43 bits per heavy atom. The van der Waals surface area contributed by atoms with Crippen LogP contribution < -0.4 is 0 Å². The van der Waals surface area contributed by atoms with Crippen LogP contribution in [-0.2, 0) is 6.54 Å². The molecule has 80 valence electrons. The Hall–Kier alpha value is -0.870. The summed E-state index contributed by atoms with van der Waals surface area (Å²) in [6.45, 7) is 6.19. The van der Waals surface area contributed by atoms with E-state index in [1.165, 1.54) is 0 Å². The highest BCUT2D eigenvalue weighted by molar-refractivity contribution is 4.73. The summed E-state index contributed by atoms with van der Waals surface area (Å²) in [4.78, 5) is 6.23. The zero-order valence-electron chi connectivity index (χ0n) is 8.76. The van der Waals surface area contributed by atoms with Gasteiger partial charge >= 0.3 is 0 Å². The third-order valence-electron chi connectivity index (χ3n) is 2.31. The van der Waals surface area contributed by atoms with Gasteiger partial charge in [0.05, 0.1) is 12.9 Å².